The van der Waals surface area contributed by atoms with Crippen molar-refractivity contribution in [1.29, 1.82) is 0 Å². The van der Waals surface area contributed by atoms with Gasteiger partial charge in [0.25, 0.3) is 5.91 Å². The zero-order chi connectivity index (χ0) is 14.2. The van der Waals surface area contributed by atoms with E-state index < -0.39 is 0 Å². The van der Waals surface area contributed by atoms with Crippen molar-refractivity contribution >= 4 is 11.8 Å². The molecule has 1 saturated heterocycles. The molecule has 0 atom stereocenters. The van der Waals surface area contributed by atoms with E-state index in [-0.39, 0.29) is 11.8 Å². The van der Waals surface area contributed by atoms with E-state index in [1.165, 1.54) is 12.8 Å². The topological polar surface area (TPSA) is 49.4 Å². The van der Waals surface area contributed by atoms with E-state index in [0.29, 0.717) is 18.5 Å². The summed E-state index contributed by atoms with van der Waals surface area (Å²) in [6.07, 6.45) is 5.02. The number of benzene rings is 1. The molecule has 1 fully saturated rings. The van der Waals surface area contributed by atoms with Crippen molar-refractivity contribution in [2.24, 2.45) is 0 Å². The highest BCUT2D eigenvalue weighted by Gasteiger charge is 2.15. The Morgan fingerprint density at radius 1 is 1.00 bits per heavy atom. The van der Waals surface area contributed by atoms with E-state index in [2.05, 4.69) is 5.32 Å². The SMILES string of the molecule is O=C(NCCC(=O)N1CCCCCC1)c1ccccc1. The molecule has 1 aliphatic heterocycles. The third-order valence-electron chi connectivity index (χ3n) is 3.62. The average molecular weight is 274 g/mol. The van der Waals surface area contributed by atoms with Crippen molar-refractivity contribution in [3.05, 3.63) is 35.9 Å². The van der Waals surface area contributed by atoms with Gasteiger partial charge >= 0.3 is 0 Å². The van der Waals surface area contributed by atoms with Crippen LogP contribution in [-0.2, 0) is 4.79 Å². The van der Waals surface area contributed by atoms with E-state index in [1.807, 2.05) is 23.1 Å². The lowest BCUT2D eigenvalue weighted by molar-refractivity contribution is -0.131. The number of nitrogens with zero attached hydrogens (tertiary/aromatic N) is 1. The number of hydrogen-bond donors (Lipinski definition) is 1. The molecule has 20 heavy (non-hydrogen) atoms. The van der Waals surface area contributed by atoms with E-state index >= 15 is 0 Å². The Kier molecular flexibility index (Phi) is 5.59. The third kappa shape index (κ3) is 4.37. The summed E-state index contributed by atoms with van der Waals surface area (Å²) in [5.74, 6) is 0.0366. The number of likely N-dealkylation sites (tertiary alicyclic amines) is 1. The zero-order valence-electron chi connectivity index (χ0n) is 11.8. The number of hydrogen-bond acceptors (Lipinski definition) is 2. The summed E-state index contributed by atoms with van der Waals surface area (Å²) in [5, 5.41) is 2.80. The van der Waals surface area contributed by atoms with Crippen LogP contribution in [0.1, 0.15) is 42.5 Å². The lowest BCUT2D eigenvalue weighted by atomic mass is 10.2. The molecule has 4 nitrogen and oxygen atoms in total. The van der Waals surface area contributed by atoms with Gasteiger partial charge in [-0.25, -0.2) is 0 Å². The summed E-state index contributed by atoms with van der Waals surface area (Å²) >= 11 is 0. The highest BCUT2D eigenvalue weighted by Crippen LogP contribution is 2.10. The minimum Gasteiger partial charge on any atom is -0.352 e. The monoisotopic (exact) mass is 274 g/mol. The van der Waals surface area contributed by atoms with Gasteiger partial charge in [-0.3, -0.25) is 9.59 Å². The van der Waals surface area contributed by atoms with E-state index in [9.17, 15) is 9.59 Å². The summed E-state index contributed by atoms with van der Waals surface area (Å²) < 4.78 is 0. The largest absolute Gasteiger partial charge is 0.352 e. The van der Waals surface area contributed by atoms with E-state index in [0.717, 1.165) is 25.9 Å². The maximum absolute atomic E-state index is 12.0. The van der Waals surface area contributed by atoms with Crippen LogP contribution in [-0.4, -0.2) is 36.3 Å². The van der Waals surface area contributed by atoms with Gasteiger partial charge in [0.05, 0.1) is 0 Å². The lowest BCUT2D eigenvalue weighted by Gasteiger charge is -2.20. The van der Waals surface area contributed by atoms with Crippen LogP contribution < -0.4 is 5.32 Å². The van der Waals surface area contributed by atoms with Gasteiger partial charge < -0.3 is 10.2 Å². The first-order valence-corrected chi connectivity index (χ1v) is 7.38. The molecule has 1 aromatic rings. The standard InChI is InChI=1S/C16H22N2O2/c19-15(18-12-6-1-2-7-13-18)10-11-17-16(20)14-8-4-3-5-9-14/h3-5,8-9H,1-2,6-7,10-13H2,(H,17,20). The fraction of sp³-hybridized carbons (Fsp3) is 0.500. The Labute approximate surface area is 120 Å². The normalized spacial score (nSPS) is 15.5. The first-order valence-electron chi connectivity index (χ1n) is 7.38. The molecule has 1 aromatic carbocycles. The second kappa shape index (κ2) is 7.68. The average Bonchev–Trinajstić information content (AvgIpc) is 2.77. The number of carbonyl (C=O) groups excluding carboxylic acids is 2. The number of carbonyl (C=O) groups is 2. The predicted octanol–water partition coefficient (Wildman–Crippen LogP) is 2.21. The van der Waals surface area contributed by atoms with E-state index in [4.69, 9.17) is 0 Å². The van der Waals surface area contributed by atoms with Crippen molar-refractivity contribution in [1.82, 2.24) is 10.2 Å². The maximum atomic E-state index is 12.0. The van der Waals surface area contributed by atoms with Gasteiger partial charge in [-0.1, -0.05) is 31.0 Å². The summed E-state index contributed by atoms with van der Waals surface area (Å²) in [5.41, 5.74) is 0.634. The molecule has 0 aromatic heterocycles. The second-order valence-corrected chi connectivity index (χ2v) is 5.17. The molecule has 0 spiro atoms. The molecular formula is C16H22N2O2. The summed E-state index contributed by atoms with van der Waals surface area (Å²) in [6.45, 7) is 2.14. The molecule has 0 saturated carbocycles. The summed E-state index contributed by atoms with van der Waals surface area (Å²) in [7, 11) is 0. The first-order chi connectivity index (χ1) is 9.77. The molecule has 4 heteroatoms. The highest BCUT2D eigenvalue weighted by molar-refractivity contribution is 5.94. The van der Waals surface area contributed by atoms with Gasteiger partial charge in [0.2, 0.25) is 5.91 Å². The van der Waals surface area contributed by atoms with Crippen molar-refractivity contribution < 1.29 is 9.59 Å². The Morgan fingerprint density at radius 2 is 1.65 bits per heavy atom. The molecule has 108 valence electrons. The maximum Gasteiger partial charge on any atom is 0.251 e. The number of nitrogens with one attached hydrogen (secondary N) is 1. The van der Waals surface area contributed by atoms with Gasteiger partial charge in [0, 0.05) is 31.6 Å². The molecule has 1 aliphatic rings. The smallest absolute Gasteiger partial charge is 0.251 e. The quantitative estimate of drug-likeness (QED) is 0.915. The molecule has 0 unspecified atom stereocenters. The van der Waals surface area contributed by atoms with Crippen LogP contribution in [0.4, 0.5) is 0 Å². The van der Waals surface area contributed by atoms with Gasteiger partial charge in [-0.05, 0) is 25.0 Å². The van der Waals surface area contributed by atoms with Gasteiger partial charge in [0.15, 0.2) is 0 Å². The van der Waals surface area contributed by atoms with Gasteiger partial charge in [0.1, 0.15) is 0 Å². The lowest BCUT2D eigenvalue weighted by Crippen LogP contribution is -2.35. The third-order valence-corrected chi connectivity index (χ3v) is 3.62. The Balaban J connectivity index is 1.72. The van der Waals surface area contributed by atoms with Crippen LogP contribution in [0, 0.1) is 0 Å². The fourth-order valence-electron chi connectivity index (χ4n) is 2.45. The summed E-state index contributed by atoms with van der Waals surface area (Å²) in [6, 6.07) is 9.08. The first kappa shape index (κ1) is 14.6. The second-order valence-electron chi connectivity index (χ2n) is 5.17. The van der Waals surface area contributed by atoms with Crippen LogP contribution >= 0.6 is 0 Å². The van der Waals surface area contributed by atoms with Crippen molar-refractivity contribution in [3.8, 4) is 0 Å². The molecule has 1 N–H and O–H groups in total. The van der Waals surface area contributed by atoms with Gasteiger partial charge in [-0.2, -0.15) is 0 Å². The Morgan fingerprint density at radius 3 is 2.30 bits per heavy atom. The number of rotatable bonds is 4. The van der Waals surface area contributed by atoms with Crippen molar-refractivity contribution in [2.45, 2.75) is 32.1 Å². The molecule has 1 heterocycles. The number of amides is 2. The molecule has 0 aliphatic carbocycles. The predicted molar refractivity (Wildman–Crippen MR) is 78.4 cm³/mol. The van der Waals surface area contributed by atoms with Crippen LogP contribution in [0.2, 0.25) is 0 Å². The molecule has 2 rings (SSSR count). The van der Waals surface area contributed by atoms with Gasteiger partial charge in [-0.15, -0.1) is 0 Å². The van der Waals surface area contributed by atoms with E-state index in [1.54, 1.807) is 12.1 Å². The Bertz CT molecular complexity index is 437. The minimum atomic E-state index is -0.116. The highest BCUT2D eigenvalue weighted by atomic mass is 16.2. The van der Waals surface area contributed by atoms with Crippen molar-refractivity contribution in [3.63, 3.8) is 0 Å². The summed E-state index contributed by atoms with van der Waals surface area (Å²) in [4.78, 5) is 25.8. The van der Waals surface area contributed by atoms with Crippen LogP contribution in [0.15, 0.2) is 30.3 Å². The van der Waals surface area contributed by atoms with Crippen LogP contribution in [0.3, 0.4) is 0 Å². The van der Waals surface area contributed by atoms with Crippen LogP contribution in [0.25, 0.3) is 0 Å². The van der Waals surface area contributed by atoms with Crippen molar-refractivity contribution in [2.75, 3.05) is 19.6 Å². The molecule has 0 bridgehead atoms. The fourth-order valence-corrected chi connectivity index (χ4v) is 2.45. The minimum absolute atomic E-state index is 0.116. The van der Waals surface area contributed by atoms with Crippen LogP contribution in [0.5, 0.6) is 0 Å². The zero-order valence-corrected chi connectivity index (χ0v) is 11.8. The molecule has 0 radical (unpaired) electrons. The molecule has 2 amide bonds. The molecular weight excluding hydrogens is 252 g/mol. The Hall–Kier alpha value is -1.84.